The summed E-state index contributed by atoms with van der Waals surface area (Å²) in [7, 11) is 0. The zero-order valence-electron chi connectivity index (χ0n) is 28.0. The molecule has 3 heterocycles. The molecule has 1 saturated carbocycles. The number of nitrogens with zero attached hydrogens (tertiary/aromatic N) is 3. The standard InChI is InChI=1S/C14H12F3NO3.C14H26.C8H7N3O2/c15-14(16,17)20-11-4-2-1-3-9(11)12-10(7-19)13(21-18-12)8-5-6-8;1-4-7-8-9-10-11-12-13-14(5-2)6-3;1-5-2-3-6(4-9-5)7-10-11-8(12)13-7/h1-4,8,19H,5-7H2;14H,4-10,13H2,1-3H3;2-4H,1H3,(H,11,12). The van der Waals surface area contributed by atoms with Crippen molar-refractivity contribution in [1.29, 1.82) is 0 Å². The monoisotopic (exact) mass is 670 g/mol. The molecule has 1 aliphatic carbocycles. The zero-order chi connectivity index (χ0) is 34.9. The van der Waals surface area contributed by atoms with Crippen molar-refractivity contribution >= 4 is 0 Å². The maximum Gasteiger partial charge on any atom is 0.573 e. The summed E-state index contributed by atoms with van der Waals surface area (Å²) in [6.07, 6.45) is 8.80. The SMILES string of the molecule is CCCCCCC#CCC(CC)CC.Cc1ccc(-c2n[nH]c(=O)o2)cn1.OCc1c(-c2ccccc2OC(F)(F)F)noc1C1CC1. The molecule has 0 spiro atoms. The molecular formula is C36H45F3N4O5. The van der Waals surface area contributed by atoms with Crippen molar-refractivity contribution in [3.8, 4) is 40.3 Å². The molecule has 260 valence electrons. The lowest BCUT2D eigenvalue weighted by Crippen LogP contribution is -2.17. The third kappa shape index (κ3) is 12.7. The van der Waals surface area contributed by atoms with Gasteiger partial charge in [0.15, 0.2) is 0 Å². The van der Waals surface area contributed by atoms with E-state index < -0.39 is 12.1 Å². The molecule has 9 nitrogen and oxygen atoms in total. The predicted octanol–water partition coefficient (Wildman–Crippen LogP) is 9.13. The van der Waals surface area contributed by atoms with E-state index in [0.29, 0.717) is 16.9 Å². The molecule has 12 heteroatoms. The number of aromatic amines is 1. The van der Waals surface area contributed by atoms with E-state index in [9.17, 15) is 23.1 Å². The Balaban J connectivity index is 0.000000204. The molecule has 1 aromatic carbocycles. The molecule has 0 radical (unpaired) electrons. The second-order valence-electron chi connectivity index (χ2n) is 11.5. The number of alkyl halides is 3. The summed E-state index contributed by atoms with van der Waals surface area (Å²) >= 11 is 0. The Morgan fingerprint density at radius 3 is 2.40 bits per heavy atom. The topological polar surface area (TPSA) is 127 Å². The van der Waals surface area contributed by atoms with Crippen LogP contribution in [0.15, 0.2) is 56.3 Å². The normalized spacial score (nSPS) is 12.4. The Hall–Kier alpha value is -4.37. The first-order chi connectivity index (χ1) is 23.1. The van der Waals surface area contributed by atoms with Crippen LogP contribution < -0.4 is 10.5 Å². The fraction of sp³-hybridized carbons (Fsp3) is 0.500. The van der Waals surface area contributed by atoms with E-state index in [0.717, 1.165) is 37.3 Å². The molecule has 0 saturated heterocycles. The Bertz CT molecular complexity index is 1630. The number of ether oxygens (including phenoxy) is 1. The first kappa shape index (κ1) is 38.1. The third-order valence-corrected chi connectivity index (χ3v) is 7.71. The van der Waals surface area contributed by atoms with Crippen molar-refractivity contribution in [3.63, 3.8) is 0 Å². The molecule has 5 rings (SSSR count). The molecular weight excluding hydrogens is 625 g/mol. The minimum Gasteiger partial charge on any atom is -0.405 e. The van der Waals surface area contributed by atoms with Crippen LogP contribution in [0, 0.1) is 24.7 Å². The van der Waals surface area contributed by atoms with E-state index >= 15 is 0 Å². The molecule has 0 aliphatic heterocycles. The molecule has 3 aromatic heterocycles. The van der Waals surface area contributed by atoms with E-state index in [4.69, 9.17) is 8.94 Å². The first-order valence-electron chi connectivity index (χ1n) is 16.5. The van der Waals surface area contributed by atoms with Gasteiger partial charge in [-0.3, -0.25) is 4.98 Å². The number of H-pyrrole nitrogens is 1. The Morgan fingerprint density at radius 2 is 1.81 bits per heavy atom. The second kappa shape index (κ2) is 19.5. The maximum absolute atomic E-state index is 12.4. The minimum absolute atomic E-state index is 0.148. The average Bonchev–Trinajstić information content (AvgIpc) is 3.68. The molecule has 48 heavy (non-hydrogen) atoms. The number of nitrogens with one attached hydrogen (secondary N) is 1. The van der Waals surface area contributed by atoms with E-state index in [1.54, 1.807) is 18.3 Å². The minimum atomic E-state index is -4.79. The van der Waals surface area contributed by atoms with Gasteiger partial charge in [-0.2, -0.15) is 0 Å². The number of rotatable bonds is 12. The van der Waals surface area contributed by atoms with Crippen LogP contribution in [0.3, 0.4) is 0 Å². The molecule has 1 fully saturated rings. The van der Waals surface area contributed by atoms with Crippen LogP contribution >= 0.6 is 0 Å². The predicted molar refractivity (Wildman–Crippen MR) is 177 cm³/mol. The van der Waals surface area contributed by atoms with Crippen molar-refractivity contribution in [2.75, 3.05) is 0 Å². The molecule has 4 aromatic rings. The summed E-state index contributed by atoms with van der Waals surface area (Å²) in [6.45, 7) is 8.31. The van der Waals surface area contributed by atoms with Gasteiger partial charge in [0.05, 0.1) is 12.2 Å². The van der Waals surface area contributed by atoms with Gasteiger partial charge in [0.2, 0.25) is 0 Å². The Labute approximate surface area is 279 Å². The second-order valence-corrected chi connectivity index (χ2v) is 11.5. The van der Waals surface area contributed by atoms with Gasteiger partial charge in [0.1, 0.15) is 17.2 Å². The summed E-state index contributed by atoms with van der Waals surface area (Å²) in [5.74, 6) is 7.52. The van der Waals surface area contributed by atoms with Gasteiger partial charge in [0.25, 0.3) is 5.89 Å². The highest BCUT2D eigenvalue weighted by atomic mass is 19.4. The fourth-order valence-electron chi connectivity index (χ4n) is 4.70. The van der Waals surface area contributed by atoms with E-state index in [2.05, 4.69) is 57.7 Å². The highest BCUT2D eigenvalue weighted by Gasteiger charge is 2.35. The van der Waals surface area contributed by atoms with Crippen LogP contribution in [-0.2, 0) is 6.61 Å². The van der Waals surface area contributed by atoms with Crippen molar-refractivity contribution in [3.05, 3.63) is 70.2 Å². The third-order valence-electron chi connectivity index (χ3n) is 7.71. The Morgan fingerprint density at radius 1 is 1.06 bits per heavy atom. The van der Waals surface area contributed by atoms with Crippen molar-refractivity contribution < 1.29 is 32.0 Å². The van der Waals surface area contributed by atoms with Crippen LogP contribution in [0.25, 0.3) is 22.7 Å². The van der Waals surface area contributed by atoms with Gasteiger partial charge in [0, 0.05) is 41.8 Å². The number of unbranched alkanes of at least 4 members (excludes halogenated alkanes) is 4. The molecule has 1 aliphatic rings. The summed E-state index contributed by atoms with van der Waals surface area (Å²) in [6, 6.07) is 9.28. The number of hydrogen-bond donors (Lipinski definition) is 2. The van der Waals surface area contributed by atoms with Gasteiger partial charge in [-0.1, -0.05) is 70.2 Å². The largest absolute Gasteiger partial charge is 0.573 e. The summed E-state index contributed by atoms with van der Waals surface area (Å²) in [5.41, 5.74) is 2.36. The number of aryl methyl sites for hydroxylation is 1. The summed E-state index contributed by atoms with van der Waals surface area (Å²) < 4.78 is 51.3. The van der Waals surface area contributed by atoms with Gasteiger partial charge in [-0.05, 0) is 56.4 Å². The molecule has 0 amide bonds. The van der Waals surface area contributed by atoms with Gasteiger partial charge in [-0.25, -0.2) is 9.89 Å². The number of halogens is 3. The van der Waals surface area contributed by atoms with E-state index in [1.165, 1.54) is 56.7 Å². The van der Waals surface area contributed by atoms with Crippen LogP contribution in [0.4, 0.5) is 13.2 Å². The van der Waals surface area contributed by atoms with E-state index in [1.807, 2.05) is 13.0 Å². The van der Waals surface area contributed by atoms with Crippen LogP contribution in [0.1, 0.15) is 108 Å². The van der Waals surface area contributed by atoms with Gasteiger partial charge < -0.3 is 18.8 Å². The number of benzene rings is 1. The van der Waals surface area contributed by atoms with E-state index in [-0.39, 0.29) is 35.4 Å². The van der Waals surface area contributed by atoms with Crippen LogP contribution in [0.5, 0.6) is 5.75 Å². The lowest BCUT2D eigenvalue weighted by molar-refractivity contribution is -0.274. The highest BCUT2D eigenvalue weighted by molar-refractivity contribution is 5.70. The van der Waals surface area contributed by atoms with Crippen molar-refractivity contribution in [1.82, 2.24) is 20.3 Å². The molecule has 2 N–H and O–H groups in total. The van der Waals surface area contributed by atoms with Crippen molar-refractivity contribution in [2.24, 2.45) is 5.92 Å². The zero-order valence-corrected chi connectivity index (χ0v) is 28.0. The lowest BCUT2D eigenvalue weighted by Gasteiger charge is -2.12. The Kier molecular flexibility index (Phi) is 15.4. The lowest BCUT2D eigenvalue weighted by atomic mass is 10.00. The number of aliphatic hydroxyl groups is 1. The van der Waals surface area contributed by atoms with Crippen molar-refractivity contribution in [2.45, 2.75) is 111 Å². The molecule has 0 atom stereocenters. The number of pyridine rings is 1. The van der Waals surface area contributed by atoms with Crippen LogP contribution in [-0.4, -0.2) is 31.8 Å². The van der Waals surface area contributed by atoms with Gasteiger partial charge in [-0.15, -0.1) is 30.1 Å². The number of para-hydroxylation sites is 1. The fourth-order valence-corrected chi connectivity index (χ4v) is 4.70. The smallest absolute Gasteiger partial charge is 0.405 e. The number of aliphatic hydroxyl groups excluding tert-OH is 1. The number of aromatic nitrogens is 4. The molecule has 0 bridgehead atoms. The number of hydrogen-bond acceptors (Lipinski definition) is 8. The summed E-state index contributed by atoms with van der Waals surface area (Å²) in [4.78, 5) is 14.7. The molecule has 0 unspecified atom stereocenters. The highest BCUT2D eigenvalue weighted by Crippen LogP contribution is 2.45. The average molecular weight is 671 g/mol. The first-order valence-corrected chi connectivity index (χ1v) is 16.5. The van der Waals surface area contributed by atoms with Gasteiger partial charge >= 0.3 is 12.1 Å². The van der Waals surface area contributed by atoms with Crippen LogP contribution in [0.2, 0.25) is 0 Å². The summed E-state index contributed by atoms with van der Waals surface area (Å²) in [5, 5.41) is 19.2. The quantitative estimate of drug-likeness (QED) is 0.113. The maximum atomic E-state index is 12.4.